The Kier molecular flexibility index (Phi) is 5.29. The second-order valence-corrected chi connectivity index (χ2v) is 4.77. The SMILES string of the molecule is Cc1ccc(NCCC(=O)NC(C)C)cc1Cl. The molecule has 0 atom stereocenters. The van der Waals surface area contributed by atoms with E-state index in [1.165, 1.54) is 0 Å². The van der Waals surface area contributed by atoms with Gasteiger partial charge in [0.15, 0.2) is 0 Å². The number of rotatable bonds is 5. The topological polar surface area (TPSA) is 41.1 Å². The van der Waals surface area contributed by atoms with Gasteiger partial charge in [-0.2, -0.15) is 0 Å². The van der Waals surface area contributed by atoms with Crippen LogP contribution in [0.1, 0.15) is 25.8 Å². The van der Waals surface area contributed by atoms with E-state index in [2.05, 4.69) is 10.6 Å². The third kappa shape index (κ3) is 5.09. The summed E-state index contributed by atoms with van der Waals surface area (Å²) in [6.45, 7) is 6.47. The van der Waals surface area contributed by atoms with Gasteiger partial charge >= 0.3 is 0 Å². The molecule has 0 heterocycles. The van der Waals surface area contributed by atoms with Gasteiger partial charge in [0.1, 0.15) is 0 Å². The van der Waals surface area contributed by atoms with Crippen molar-refractivity contribution in [1.82, 2.24) is 5.32 Å². The second-order valence-electron chi connectivity index (χ2n) is 4.36. The highest BCUT2D eigenvalue weighted by Crippen LogP contribution is 2.19. The fourth-order valence-electron chi connectivity index (χ4n) is 1.42. The number of anilines is 1. The Labute approximate surface area is 108 Å². The molecule has 0 aliphatic heterocycles. The van der Waals surface area contributed by atoms with Crippen molar-refractivity contribution < 1.29 is 4.79 Å². The van der Waals surface area contributed by atoms with Gasteiger partial charge in [-0.3, -0.25) is 4.79 Å². The predicted molar refractivity (Wildman–Crippen MR) is 72.6 cm³/mol. The number of amides is 1. The quantitative estimate of drug-likeness (QED) is 0.848. The Morgan fingerprint density at radius 1 is 1.41 bits per heavy atom. The van der Waals surface area contributed by atoms with E-state index in [-0.39, 0.29) is 11.9 Å². The van der Waals surface area contributed by atoms with Crippen LogP contribution < -0.4 is 10.6 Å². The lowest BCUT2D eigenvalue weighted by Gasteiger charge is -2.10. The largest absolute Gasteiger partial charge is 0.384 e. The fraction of sp³-hybridized carbons (Fsp3) is 0.462. The van der Waals surface area contributed by atoms with Crippen molar-refractivity contribution in [3.8, 4) is 0 Å². The molecular weight excluding hydrogens is 236 g/mol. The van der Waals surface area contributed by atoms with Crippen molar-refractivity contribution >= 4 is 23.2 Å². The lowest BCUT2D eigenvalue weighted by Crippen LogP contribution is -2.31. The van der Waals surface area contributed by atoms with Gasteiger partial charge in [0.2, 0.25) is 5.91 Å². The molecule has 0 saturated carbocycles. The Morgan fingerprint density at radius 3 is 2.71 bits per heavy atom. The number of nitrogens with one attached hydrogen (secondary N) is 2. The average molecular weight is 255 g/mol. The van der Waals surface area contributed by atoms with Crippen molar-refractivity contribution in [2.75, 3.05) is 11.9 Å². The van der Waals surface area contributed by atoms with Crippen LogP contribution in [0.15, 0.2) is 18.2 Å². The first-order chi connectivity index (χ1) is 7.99. The van der Waals surface area contributed by atoms with Gasteiger partial charge in [0, 0.05) is 29.7 Å². The summed E-state index contributed by atoms with van der Waals surface area (Å²) >= 11 is 6.00. The van der Waals surface area contributed by atoms with Crippen LogP contribution in [-0.2, 0) is 4.79 Å². The van der Waals surface area contributed by atoms with Crippen LogP contribution in [0.3, 0.4) is 0 Å². The lowest BCUT2D eigenvalue weighted by molar-refractivity contribution is -0.121. The zero-order chi connectivity index (χ0) is 12.8. The third-order valence-corrected chi connectivity index (χ3v) is 2.71. The van der Waals surface area contributed by atoms with Crippen LogP contribution in [0.5, 0.6) is 0 Å². The van der Waals surface area contributed by atoms with Crippen LogP contribution in [0, 0.1) is 6.92 Å². The van der Waals surface area contributed by atoms with E-state index in [1.54, 1.807) is 0 Å². The van der Waals surface area contributed by atoms with E-state index in [0.717, 1.165) is 16.3 Å². The second kappa shape index (κ2) is 6.50. The molecule has 0 bridgehead atoms. The van der Waals surface area contributed by atoms with Gasteiger partial charge in [-0.25, -0.2) is 0 Å². The fourth-order valence-corrected chi connectivity index (χ4v) is 1.60. The van der Waals surface area contributed by atoms with E-state index < -0.39 is 0 Å². The van der Waals surface area contributed by atoms with Gasteiger partial charge in [-0.15, -0.1) is 0 Å². The summed E-state index contributed by atoms with van der Waals surface area (Å²) in [5.41, 5.74) is 1.99. The molecule has 0 radical (unpaired) electrons. The Balaban J connectivity index is 2.36. The molecule has 0 saturated heterocycles. The van der Waals surface area contributed by atoms with Gasteiger partial charge in [-0.05, 0) is 38.5 Å². The highest BCUT2D eigenvalue weighted by molar-refractivity contribution is 6.31. The van der Waals surface area contributed by atoms with E-state index >= 15 is 0 Å². The molecule has 17 heavy (non-hydrogen) atoms. The summed E-state index contributed by atoms with van der Waals surface area (Å²) in [5.74, 6) is 0.0608. The van der Waals surface area contributed by atoms with Crippen LogP contribution in [0.25, 0.3) is 0 Å². The first kappa shape index (κ1) is 13.8. The smallest absolute Gasteiger partial charge is 0.221 e. The molecule has 4 heteroatoms. The molecule has 1 amide bonds. The molecule has 94 valence electrons. The van der Waals surface area contributed by atoms with Crippen LogP contribution in [-0.4, -0.2) is 18.5 Å². The van der Waals surface area contributed by atoms with Gasteiger partial charge in [0.05, 0.1) is 0 Å². The minimum Gasteiger partial charge on any atom is -0.384 e. The Hall–Kier alpha value is -1.22. The number of benzene rings is 1. The summed E-state index contributed by atoms with van der Waals surface area (Å²) in [6.07, 6.45) is 0.462. The highest BCUT2D eigenvalue weighted by atomic mass is 35.5. The molecule has 3 nitrogen and oxygen atoms in total. The first-order valence-electron chi connectivity index (χ1n) is 5.78. The number of carbonyl (C=O) groups is 1. The standard InChI is InChI=1S/C13H19ClN2O/c1-9(2)16-13(17)6-7-15-11-5-4-10(3)12(14)8-11/h4-5,8-9,15H,6-7H2,1-3H3,(H,16,17). The summed E-state index contributed by atoms with van der Waals surface area (Å²) in [6, 6.07) is 5.98. The number of hydrogen-bond acceptors (Lipinski definition) is 2. The minimum absolute atomic E-state index is 0.0608. The summed E-state index contributed by atoms with van der Waals surface area (Å²) < 4.78 is 0. The maximum Gasteiger partial charge on any atom is 0.221 e. The number of hydrogen-bond donors (Lipinski definition) is 2. The maximum atomic E-state index is 11.4. The van der Waals surface area contributed by atoms with Crippen molar-refractivity contribution in [2.45, 2.75) is 33.2 Å². The predicted octanol–water partition coefficient (Wildman–Crippen LogP) is 2.98. The molecule has 0 spiro atoms. The van der Waals surface area contributed by atoms with E-state index in [1.807, 2.05) is 39.0 Å². The van der Waals surface area contributed by atoms with Gasteiger partial charge in [0.25, 0.3) is 0 Å². The van der Waals surface area contributed by atoms with Gasteiger partial charge in [-0.1, -0.05) is 17.7 Å². The van der Waals surface area contributed by atoms with E-state index in [9.17, 15) is 4.79 Å². The highest BCUT2D eigenvalue weighted by Gasteiger charge is 2.03. The normalized spacial score (nSPS) is 10.4. The summed E-state index contributed by atoms with van der Waals surface area (Å²) in [7, 11) is 0. The minimum atomic E-state index is 0.0608. The molecule has 2 N–H and O–H groups in total. The molecule has 1 rings (SSSR count). The monoisotopic (exact) mass is 254 g/mol. The zero-order valence-corrected chi connectivity index (χ0v) is 11.3. The Bertz CT molecular complexity index is 391. The summed E-state index contributed by atoms with van der Waals surface area (Å²) in [4.78, 5) is 11.4. The van der Waals surface area contributed by atoms with Crippen molar-refractivity contribution in [1.29, 1.82) is 0 Å². The maximum absolute atomic E-state index is 11.4. The molecule has 0 aliphatic rings. The molecule has 1 aromatic rings. The van der Waals surface area contributed by atoms with Crippen LogP contribution >= 0.6 is 11.6 Å². The van der Waals surface area contributed by atoms with Crippen molar-refractivity contribution in [2.24, 2.45) is 0 Å². The molecule has 0 aromatic heterocycles. The number of halogens is 1. The third-order valence-electron chi connectivity index (χ3n) is 2.30. The number of carbonyl (C=O) groups excluding carboxylic acids is 1. The van der Waals surface area contributed by atoms with Crippen LogP contribution in [0.4, 0.5) is 5.69 Å². The Morgan fingerprint density at radius 2 is 2.12 bits per heavy atom. The average Bonchev–Trinajstić information content (AvgIpc) is 2.22. The van der Waals surface area contributed by atoms with Gasteiger partial charge < -0.3 is 10.6 Å². The molecule has 0 unspecified atom stereocenters. The first-order valence-corrected chi connectivity index (χ1v) is 6.16. The lowest BCUT2D eigenvalue weighted by atomic mass is 10.2. The van der Waals surface area contributed by atoms with E-state index in [0.29, 0.717) is 13.0 Å². The summed E-state index contributed by atoms with van der Waals surface area (Å²) in [5, 5.41) is 6.75. The van der Waals surface area contributed by atoms with Crippen molar-refractivity contribution in [3.05, 3.63) is 28.8 Å². The van der Waals surface area contributed by atoms with E-state index in [4.69, 9.17) is 11.6 Å². The zero-order valence-electron chi connectivity index (χ0n) is 10.5. The molecule has 0 aliphatic carbocycles. The molecular formula is C13H19ClN2O. The number of aryl methyl sites for hydroxylation is 1. The molecule has 1 aromatic carbocycles. The molecule has 0 fully saturated rings. The van der Waals surface area contributed by atoms with Crippen LogP contribution in [0.2, 0.25) is 5.02 Å². The van der Waals surface area contributed by atoms with Crippen molar-refractivity contribution in [3.63, 3.8) is 0 Å².